The van der Waals surface area contributed by atoms with E-state index in [4.69, 9.17) is 11.6 Å². The second kappa shape index (κ2) is 6.99. The maximum atomic E-state index is 13.0. The number of nitrogens with one attached hydrogen (secondary N) is 1. The van der Waals surface area contributed by atoms with Gasteiger partial charge in [-0.15, -0.1) is 0 Å². The van der Waals surface area contributed by atoms with E-state index in [0.717, 1.165) is 18.6 Å². The lowest BCUT2D eigenvalue weighted by Gasteiger charge is -2.18. The van der Waals surface area contributed by atoms with E-state index in [2.05, 4.69) is 5.32 Å². The third-order valence-corrected chi connectivity index (χ3v) is 4.35. The van der Waals surface area contributed by atoms with Gasteiger partial charge >= 0.3 is 6.18 Å². The van der Waals surface area contributed by atoms with Crippen molar-refractivity contribution in [2.45, 2.75) is 19.0 Å². The van der Waals surface area contributed by atoms with E-state index in [1.807, 2.05) is 0 Å². The Morgan fingerprint density at radius 1 is 1.15 bits per heavy atom. The van der Waals surface area contributed by atoms with E-state index in [0.29, 0.717) is 18.7 Å². The van der Waals surface area contributed by atoms with Crippen molar-refractivity contribution < 1.29 is 22.8 Å². The highest BCUT2D eigenvalue weighted by Gasteiger charge is 2.34. The molecule has 3 rings (SSSR count). The van der Waals surface area contributed by atoms with Gasteiger partial charge in [-0.1, -0.05) is 23.7 Å². The molecule has 0 atom stereocenters. The van der Waals surface area contributed by atoms with Crippen LogP contribution in [0, 0.1) is 0 Å². The van der Waals surface area contributed by atoms with Gasteiger partial charge in [0.1, 0.15) is 0 Å². The van der Waals surface area contributed by atoms with Gasteiger partial charge in [-0.05, 0) is 36.8 Å². The molecule has 1 aliphatic heterocycles. The Morgan fingerprint density at radius 3 is 2.50 bits per heavy atom. The first kappa shape index (κ1) is 18.3. The van der Waals surface area contributed by atoms with Crippen molar-refractivity contribution in [1.82, 2.24) is 0 Å². The molecule has 2 aromatic rings. The summed E-state index contributed by atoms with van der Waals surface area (Å²) < 4.78 is 39.1. The fraction of sp³-hybridized carbons (Fsp3) is 0.222. The number of amides is 2. The smallest absolute Gasteiger partial charge is 0.322 e. The minimum atomic E-state index is -4.63. The number of anilines is 2. The van der Waals surface area contributed by atoms with E-state index < -0.39 is 23.2 Å². The van der Waals surface area contributed by atoms with Crippen LogP contribution in [0.1, 0.15) is 28.8 Å². The van der Waals surface area contributed by atoms with Gasteiger partial charge < -0.3 is 10.2 Å². The molecule has 26 heavy (non-hydrogen) atoms. The number of hydrogen-bond acceptors (Lipinski definition) is 2. The Hall–Kier alpha value is -2.54. The third-order valence-electron chi connectivity index (χ3n) is 4.05. The number of alkyl halides is 3. The lowest BCUT2D eigenvalue weighted by Crippen LogP contribution is -2.24. The summed E-state index contributed by atoms with van der Waals surface area (Å²) in [6.07, 6.45) is -3.45. The van der Waals surface area contributed by atoms with Crippen molar-refractivity contribution >= 4 is 34.8 Å². The Balaban J connectivity index is 1.83. The first-order valence-electron chi connectivity index (χ1n) is 7.85. The number of nitrogens with zero attached hydrogens (tertiary/aromatic N) is 1. The highest BCUT2D eigenvalue weighted by molar-refractivity contribution is 6.34. The second-order valence-corrected chi connectivity index (χ2v) is 6.22. The lowest BCUT2D eigenvalue weighted by molar-refractivity contribution is -0.137. The molecular formula is C18H14ClF3N2O2. The fourth-order valence-corrected chi connectivity index (χ4v) is 3.12. The van der Waals surface area contributed by atoms with Gasteiger partial charge in [0.05, 0.1) is 21.8 Å². The molecule has 2 amide bonds. The first-order valence-corrected chi connectivity index (χ1v) is 8.22. The molecular weight excluding hydrogens is 369 g/mol. The van der Waals surface area contributed by atoms with Crippen LogP contribution in [-0.2, 0) is 11.0 Å². The molecule has 4 nitrogen and oxygen atoms in total. The summed E-state index contributed by atoms with van der Waals surface area (Å²) in [6, 6.07) is 9.02. The van der Waals surface area contributed by atoms with Gasteiger partial charge in [0, 0.05) is 18.7 Å². The van der Waals surface area contributed by atoms with Crippen molar-refractivity contribution in [1.29, 1.82) is 0 Å². The van der Waals surface area contributed by atoms with Gasteiger partial charge in [0.25, 0.3) is 5.91 Å². The normalized spacial score (nSPS) is 14.6. The summed E-state index contributed by atoms with van der Waals surface area (Å²) in [6.45, 7) is 0.559. The van der Waals surface area contributed by atoms with Gasteiger partial charge in [0.15, 0.2) is 0 Å². The van der Waals surface area contributed by atoms with E-state index >= 15 is 0 Å². The van der Waals surface area contributed by atoms with Crippen molar-refractivity contribution in [2.75, 3.05) is 16.8 Å². The summed E-state index contributed by atoms with van der Waals surface area (Å²) in [5.74, 6) is -0.929. The molecule has 0 saturated carbocycles. The number of carbonyl (C=O) groups excluding carboxylic acids is 2. The predicted molar refractivity (Wildman–Crippen MR) is 92.4 cm³/mol. The summed E-state index contributed by atoms with van der Waals surface area (Å²) >= 11 is 6.18. The molecule has 8 heteroatoms. The van der Waals surface area contributed by atoms with Crippen LogP contribution >= 0.6 is 11.6 Å². The van der Waals surface area contributed by atoms with Crippen molar-refractivity contribution in [3.8, 4) is 0 Å². The number of hydrogen-bond donors (Lipinski definition) is 1. The van der Waals surface area contributed by atoms with E-state index in [1.54, 1.807) is 11.0 Å². The van der Waals surface area contributed by atoms with Crippen LogP contribution in [0.2, 0.25) is 5.02 Å². The molecule has 1 N–H and O–H groups in total. The number of rotatable bonds is 3. The van der Waals surface area contributed by atoms with E-state index in [-0.39, 0.29) is 16.6 Å². The highest BCUT2D eigenvalue weighted by Crippen LogP contribution is 2.34. The molecule has 0 bridgehead atoms. The number of carbonyl (C=O) groups is 2. The van der Waals surface area contributed by atoms with Crippen LogP contribution < -0.4 is 10.2 Å². The van der Waals surface area contributed by atoms with E-state index in [1.165, 1.54) is 24.3 Å². The summed E-state index contributed by atoms with van der Waals surface area (Å²) in [5, 5.41) is 2.65. The zero-order valence-electron chi connectivity index (χ0n) is 13.4. The predicted octanol–water partition coefficient (Wildman–Crippen LogP) is 4.74. The SMILES string of the molecule is O=C(Nc1ccc(N2CCCC2=O)c(Cl)c1)c1ccccc1C(F)(F)F. The maximum Gasteiger partial charge on any atom is 0.417 e. The molecule has 1 aliphatic rings. The molecule has 1 fully saturated rings. The first-order chi connectivity index (χ1) is 12.3. The van der Waals surface area contributed by atoms with Gasteiger partial charge in [-0.2, -0.15) is 13.2 Å². The molecule has 0 aromatic heterocycles. The standard InChI is InChI=1S/C18H14ClF3N2O2/c19-14-10-11(7-8-15(14)24-9-3-6-16(24)25)23-17(26)12-4-1-2-5-13(12)18(20,21)22/h1-2,4-5,7-8,10H,3,6,9H2,(H,23,26). The Bertz CT molecular complexity index is 868. The fourth-order valence-electron chi connectivity index (χ4n) is 2.83. The van der Waals surface area contributed by atoms with Crippen molar-refractivity contribution in [3.05, 3.63) is 58.6 Å². The Labute approximate surface area is 152 Å². The quantitative estimate of drug-likeness (QED) is 0.833. The maximum absolute atomic E-state index is 13.0. The van der Waals surface area contributed by atoms with E-state index in [9.17, 15) is 22.8 Å². The van der Waals surface area contributed by atoms with Crippen LogP contribution in [0.25, 0.3) is 0 Å². The minimum Gasteiger partial charge on any atom is -0.322 e. The molecule has 0 unspecified atom stereocenters. The highest BCUT2D eigenvalue weighted by atomic mass is 35.5. The van der Waals surface area contributed by atoms with Crippen LogP contribution in [-0.4, -0.2) is 18.4 Å². The van der Waals surface area contributed by atoms with Crippen LogP contribution in [0.5, 0.6) is 0 Å². The third kappa shape index (κ3) is 3.67. The van der Waals surface area contributed by atoms with Crippen LogP contribution in [0.15, 0.2) is 42.5 Å². The number of halogens is 4. The number of benzene rings is 2. The zero-order valence-corrected chi connectivity index (χ0v) is 14.2. The van der Waals surface area contributed by atoms with Gasteiger partial charge in [-0.3, -0.25) is 9.59 Å². The summed E-state index contributed by atoms with van der Waals surface area (Å²) in [7, 11) is 0. The summed E-state index contributed by atoms with van der Waals surface area (Å²) in [5.41, 5.74) is -0.729. The van der Waals surface area contributed by atoms with Crippen molar-refractivity contribution in [3.63, 3.8) is 0 Å². The van der Waals surface area contributed by atoms with Crippen LogP contribution in [0.3, 0.4) is 0 Å². The molecule has 0 aliphatic carbocycles. The average molecular weight is 383 g/mol. The topological polar surface area (TPSA) is 49.4 Å². The minimum absolute atomic E-state index is 0.0391. The largest absolute Gasteiger partial charge is 0.417 e. The molecule has 0 radical (unpaired) electrons. The summed E-state index contributed by atoms with van der Waals surface area (Å²) in [4.78, 5) is 25.6. The molecule has 136 valence electrons. The Morgan fingerprint density at radius 2 is 1.88 bits per heavy atom. The van der Waals surface area contributed by atoms with Crippen LogP contribution in [0.4, 0.5) is 24.5 Å². The molecule has 2 aromatic carbocycles. The van der Waals surface area contributed by atoms with Gasteiger partial charge in [-0.25, -0.2) is 0 Å². The van der Waals surface area contributed by atoms with Gasteiger partial charge in [0.2, 0.25) is 5.91 Å². The zero-order chi connectivity index (χ0) is 18.9. The molecule has 1 saturated heterocycles. The second-order valence-electron chi connectivity index (χ2n) is 5.81. The monoisotopic (exact) mass is 382 g/mol. The molecule has 1 heterocycles. The Kier molecular flexibility index (Phi) is 4.91. The average Bonchev–Trinajstić information content (AvgIpc) is 3.00. The van der Waals surface area contributed by atoms with Crippen molar-refractivity contribution in [2.24, 2.45) is 0 Å². The lowest BCUT2D eigenvalue weighted by atomic mass is 10.1. The molecule has 0 spiro atoms.